The maximum atomic E-state index is 13.8. The zero-order valence-corrected chi connectivity index (χ0v) is 10.7. The molecule has 0 bridgehead atoms. The predicted octanol–water partition coefficient (Wildman–Crippen LogP) is 3.08. The Balaban J connectivity index is 2.25. The molecule has 0 aliphatic rings. The van der Waals surface area contributed by atoms with Crippen molar-refractivity contribution in [2.45, 2.75) is 0 Å². The van der Waals surface area contributed by atoms with E-state index in [2.05, 4.69) is 4.98 Å². The average molecular weight is 270 g/mol. The summed E-state index contributed by atoms with van der Waals surface area (Å²) in [5.74, 6) is -1.32. The molecule has 0 fully saturated rings. The zero-order chi connectivity index (χ0) is 14.3. The topological polar surface area (TPSA) is 55.1 Å². The SMILES string of the molecule is Cn1c(-c2cc(C(=O)O)ccn2)cc2c(F)cccc21. The molecule has 0 spiro atoms. The zero-order valence-electron chi connectivity index (χ0n) is 10.7. The number of benzene rings is 1. The van der Waals surface area contributed by atoms with E-state index in [1.807, 2.05) is 6.07 Å². The van der Waals surface area contributed by atoms with Crippen molar-refractivity contribution >= 4 is 16.9 Å². The molecule has 0 aliphatic carbocycles. The van der Waals surface area contributed by atoms with Gasteiger partial charge in [0.2, 0.25) is 0 Å². The second kappa shape index (κ2) is 4.45. The highest BCUT2D eigenvalue weighted by Crippen LogP contribution is 2.27. The van der Waals surface area contributed by atoms with E-state index < -0.39 is 5.97 Å². The quantitative estimate of drug-likeness (QED) is 0.778. The lowest BCUT2D eigenvalue weighted by atomic mass is 10.2. The summed E-state index contributed by atoms with van der Waals surface area (Å²) in [6.07, 6.45) is 1.44. The average Bonchev–Trinajstić information content (AvgIpc) is 2.78. The van der Waals surface area contributed by atoms with Gasteiger partial charge in [0, 0.05) is 18.6 Å². The summed E-state index contributed by atoms with van der Waals surface area (Å²) in [5, 5.41) is 9.51. The molecule has 1 N–H and O–H groups in total. The largest absolute Gasteiger partial charge is 0.478 e. The van der Waals surface area contributed by atoms with Crippen molar-refractivity contribution in [3.8, 4) is 11.4 Å². The Bertz CT molecular complexity index is 824. The van der Waals surface area contributed by atoms with Crippen molar-refractivity contribution in [1.82, 2.24) is 9.55 Å². The van der Waals surface area contributed by atoms with Crippen LogP contribution in [0.15, 0.2) is 42.6 Å². The monoisotopic (exact) mass is 270 g/mol. The van der Waals surface area contributed by atoms with Crippen LogP contribution in [0.2, 0.25) is 0 Å². The van der Waals surface area contributed by atoms with Gasteiger partial charge in [-0.15, -0.1) is 0 Å². The number of aromatic nitrogens is 2. The van der Waals surface area contributed by atoms with E-state index in [0.29, 0.717) is 16.8 Å². The lowest BCUT2D eigenvalue weighted by Crippen LogP contribution is -1.99. The fourth-order valence-corrected chi connectivity index (χ4v) is 2.27. The van der Waals surface area contributed by atoms with Crippen LogP contribution in [0.25, 0.3) is 22.3 Å². The first kappa shape index (κ1) is 12.3. The molecule has 100 valence electrons. The lowest BCUT2D eigenvalue weighted by Gasteiger charge is -2.04. The van der Waals surface area contributed by atoms with E-state index in [1.165, 1.54) is 24.4 Å². The normalized spacial score (nSPS) is 10.9. The van der Waals surface area contributed by atoms with Crippen molar-refractivity contribution in [2.75, 3.05) is 0 Å². The van der Waals surface area contributed by atoms with Gasteiger partial charge in [0.05, 0.1) is 22.5 Å². The van der Waals surface area contributed by atoms with Crippen LogP contribution in [-0.4, -0.2) is 20.6 Å². The number of aromatic carboxylic acids is 1. The van der Waals surface area contributed by atoms with E-state index in [4.69, 9.17) is 5.11 Å². The Kier molecular flexibility index (Phi) is 2.75. The number of aryl methyl sites for hydroxylation is 1. The van der Waals surface area contributed by atoms with E-state index >= 15 is 0 Å². The van der Waals surface area contributed by atoms with Gasteiger partial charge in [-0.25, -0.2) is 9.18 Å². The molecule has 2 heterocycles. The number of nitrogens with zero attached hydrogens (tertiary/aromatic N) is 2. The number of carboxylic acid groups (broad SMARTS) is 1. The highest BCUT2D eigenvalue weighted by Gasteiger charge is 2.13. The van der Waals surface area contributed by atoms with Crippen molar-refractivity contribution in [1.29, 1.82) is 0 Å². The fourth-order valence-electron chi connectivity index (χ4n) is 2.27. The molecule has 0 radical (unpaired) electrons. The highest BCUT2D eigenvalue weighted by molar-refractivity contribution is 5.90. The molecule has 3 aromatic rings. The van der Waals surface area contributed by atoms with Gasteiger partial charge in [0.1, 0.15) is 5.82 Å². The summed E-state index contributed by atoms with van der Waals surface area (Å²) in [5.41, 5.74) is 2.07. The van der Waals surface area contributed by atoms with Crippen LogP contribution in [0.5, 0.6) is 0 Å². The highest BCUT2D eigenvalue weighted by atomic mass is 19.1. The molecule has 0 atom stereocenters. The first-order valence-electron chi connectivity index (χ1n) is 6.01. The smallest absolute Gasteiger partial charge is 0.335 e. The molecule has 0 saturated heterocycles. The van der Waals surface area contributed by atoms with Crippen LogP contribution in [0.4, 0.5) is 4.39 Å². The van der Waals surface area contributed by atoms with Crippen LogP contribution in [0, 0.1) is 5.82 Å². The van der Waals surface area contributed by atoms with Gasteiger partial charge in [0.25, 0.3) is 0 Å². The summed E-state index contributed by atoms with van der Waals surface area (Å²) in [6.45, 7) is 0. The second-order valence-electron chi connectivity index (χ2n) is 4.50. The van der Waals surface area contributed by atoms with Crippen molar-refractivity contribution < 1.29 is 14.3 Å². The number of rotatable bonds is 2. The van der Waals surface area contributed by atoms with E-state index in [1.54, 1.807) is 23.7 Å². The Morgan fingerprint density at radius 1 is 1.30 bits per heavy atom. The molecule has 1 aromatic carbocycles. The van der Waals surface area contributed by atoms with E-state index in [9.17, 15) is 9.18 Å². The number of carbonyl (C=O) groups is 1. The summed E-state index contributed by atoms with van der Waals surface area (Å²) in [7, 11) is 1.80. The Hall–Kier alpha value is -2.69. The molecular weight excluding hydrogens is 259 g/mol. The molecule has 5 heteroatoms. The summed E-state index contributed by atoms with van der Waals surface area (Å²) in [4.78, 5) is 15.2. The molecule has 0 saturated carbocycles. The van der Waals surface area contributed by atoms with Crippen LogP contribution in [0.1, 0.15) is 10.4 Å². The molecule has 0 unspecified atom stereocenters. The maximum Gasteiger partial charge on any atom is 0.335 e. The van der Waals surface area contributed by atoms with Gasteiger partial charge in [-0.05, 0) is 30.3 Å². The number of pyridine rings is 1. The Morgan fingerprint density at radius 3 is 2.80 bits per heavy atom. The summed E-state index contributed by atoms with van der Waals surface area (Å²) in [6, 6.07) is 9.43. The van der Waals surface area contributed by atoms with Gasteiger partial charge in [-0.3, -0.25) is 4.98 Å². The van der Waals surface area contributed by atoms with Gasteiger partial charge in [0.15, 0.2) is 0 Å². The lowest BCUT2D eigenvalue weighted by molar-refractivity contribution is 0.0697. The number of fused-ring (bicyclic) bond motifs is 1. The molecule has 2 aromatic heterocycles. The summed E-state index contributed by atoms with van der Waals surface area (Å²) >= 11 is 0. The molecular formula is C15H11FN2O2. The number of carboxylic acids is 1. The number of hydrogen-bond acceptors (Lipinski definition) is 2. The molecule has 0 aliphatic heterocycles. The third-order valence-corrected chi connectivity index (χ3v) is 3.30. The maximum absolute atomic E-state index is 13.8. The summed E-state index contributed by atoms with van der Waals surface area (Å²) < 4.78 is 15.6. The minimum Gasteiger partial charge on any atom is -0.478 e. The van der Waals surface area contributed by atoms with Crippen LogP contribution >= 0.6 is 0 Å². The van der Waals surface area contributed by atoms with Crippen molar-refractivity contribution in [3.05, 3.63) is 54.0 Å². The van der Waals surface area contributed by atoms with Crippen molar-refractivity contribution in [2.24, 2.45) is 7.05 Å². The van der Waals surface area contributed by atoms with E-state index in [-0.39, 0.29) is 11.4 Å². The second-order valence-corrected chi connectivity index (χ2v) is 4.50. The molecule has 4 nitrogen and oxygen atoms in total. The van der Waals surface area contributed by atoms with Gasteiger partial charge < -0.3 is 9.67 Å². The first-order valence-corrected chi connectivity index (χ1v) is 6.01. The van der Waals surface area contributed by atoms with E-state index in [0.717, 1.165) is 5.52 Å². The van der Waals surface area contributed by atoms with Gasteiger partial charge in [-0.2, -0.15) is 0 Å². The first-order chi connectivity index (χ1) is 9.58. The predicted molar refractivity (Wildman–Crippen MR) is 73.1 cm³/mol. The van der Waals surface area contributed by atoms with Gasteiger partial charge >= 0.3 is 5.97 Å². The van der Waals surface area contributed by atoms with Crippen molar-refractivity contribution in [3.63, 3.8) is 0 Å². The minimum atomic E-state index is -1.02. The number of hydrogen-bond donors (Lipinski definition) is 1. The van der Waals surface area contributed by atoms with Crippen LogP contribution in [0.3, 0.4) is 0 Å². The van der Waals surface area contributed by atoms with Crippen LogP contribution in [-0.2, 0) is 7.05 Å². The molecule has 3 rings (SSSR count). The van der Waals surface area contributed by atoms with Crippen LogP contribution < -0.4 is 0 Å². The third-order valence-electron chi connectivity index (χ3n) is 3.30. The van der Waals surface area contributed by atoms with Gasteiger partial charge in [-0.1, -0.05) is 6.07 Å². The molecule has 0 amide bonds. The Morgan fingerprint density at radius 2 is 2.10 bits per heavy atom. The standard InChI is InChI=1S/C15H11FN2O2/c1-18-13-4-2-3-11(16)10(13)8-14(18)12-7-9(15(19)20)5-6-17-12/h2-8H,1H3,(H,19,20). The fraction of sp³-hybridized carbons (Fsp3) is 0.0667. The number of halogens is 1. The Labute approximate surface area is 114 Å². The minimum absolute atomic E-state index is 0.153. The third kappa shape index (κ3) is 1.84. The molecule has 20 heavy (non-hydrogen) atoms.